The summed E-state index contributed by atoms with van der Waals surface area (Å²) in [5, 5.41) is 8.92. The highest BCUT2D eigenvalue weighted by Gasteiger charge is 2.28. The van der Waals surface area contributed by atoms with Gasteiger partial charge in [-0.05, 0) is 44.2 Å². The van der Waals surface area contributed by atoms with Gasteiger partial charge in [0.1, 0.15) is 6.54 Å². The Morgan fingerprint density at radius 3 is 2.70 bits per heavy atom. The minimum Gasteiger partial charge on any atom is -0.493 e. The first kappa shape index (κ1) is 20.6. The normalized spacial score (nSPS) is 12.8. The molecule has 0 unspecified atom stereocenters. The van der Waals surface area contributed by atoms with Crippen LogP contribution in [0, 0.1) is 17.2 Å². The number of nitriles is 1. The summed E-state index contributed by atoms with van der Waals surface area (Å²) in [6.07, 6.45) is 3.03. The Balaban J connectivity index is 1.81. The van der Waals surface area contributed by atoms with Crippen LogP contribution in [0.1, 0.15) is 38.2 Å². The van der Waals surface area contributed by atoms with Gasteiger partial charge in [-0.1, -0.05) is 0 Å². The Morgan fingerprint density at radius 2 is 2.07 bits per heavy atom. The first-order valence-corrected chi connectivity index (χ1v) is 9.21. The van der Waals surface area contributed by atoms with Crippen LogP contribution in [0.25, 0.3) is 0 Å². The van der Waals surface area contributed by atoms with E-state index in [9.17, 15) is 9.59 Å². The summed E-state index contributed by atoms with van der Waals surface area (Å²) in [4.78, 5) is 25.8. The average molecular weight is 374 g/mol. The van der Waals surface area contributed by atoms with Crippen molar-refractivity contribution in [3.63, 3.8) is 0 Å². The van der Waals surface area contributed by atoms with Crippen molar-refractivity contribution in [1.82, 2.24) is 4.90 Å². The summed E-state index contributed by atoms with van der Waals surface area (Å²) in [7, 11) is 1.51. The number of ether oxygens (including phenoxy) is 3. The lowest BCUT2D eigenvalue weighted by Crippen LogP contribution is -2.38. The molecule has 1 fully saturated rings. The van der Waals surface area contributed by atoms with E-state index >= 15 is 0 Å². The maximum Gasteiger partial charge on any atom is 0.325 e. The van der Waals surface area contributed by atoms with Crippen LogP contribution in [0.2, 0.25) is 0 Å². The third-order valence-corrected chi connectivity index (χ3v) is 4.24. The number of rotatable bonds is 11. The number of amides is 1. The predicted molar refractivity (Wildman–Crippen MR) is 98.4 cm³/mol. The zero-order valence-electron chi connectivity index (χ0n) is 15.9. The van der Waals surface area contributed by atoms with Crippen LogP contribution in [-0.2, 0) is 14.3 Å². The zero-order chi connectivity index (χ0) is 19.6. The van der Waals surface area contributed by atoms with Gasteiger partial charge >= 0.3 is 5.97 Å². The Hall–Kier alpha value is -2.75. The standard InChI is InChI=1S/C20H26N2O5/c1-3-26-20(24)14-22(13-15-6-7-15)19(23)5-4-10-27-17-9-8-16(12-21)11-18(17)25-2/h8-9,11,15H,3-7,10,13-14H2,1-2H3. The van der Waals surface area contributed by atoms with Gasteiger partial charge in [0.05, 0.1) is 32.0 Å². The van der Waals surface area contributed by atoms with Crippen LogP contribution in [0.3, 0.4) is 0 Å². The van der Waals surface area contributed by atoms with Crippen LogP contribution in [-0.4, -0.2) is 50.2 Å². The second kappa shape index (κ2) is 10.4. The molecule has 0 aliphatic heterocycles. The summed E-state index contributed by atoms with van der Waals surface area (Å²) in [5.41, 5.74) is 0.490. The second-order valence-electron chi connectivity index (χ2n) is 6.45. The molecule has 1 saturated carbocycles. The van der Waals surface area contributed by atoms with Crippen molar-refractivity contribution in [1.29, 1.82) is 5.26 Å². The molecule has 7 heteroatoms. The van der Waals surface area contributed by atoms with E-state index in [1.165, 1.54) is 7.11 Å². The van der Waals surface area contributed by atoms with Gasteiger partial charge in [0.2, 0.25) is 5.91 Å². The number of esters is 1. The Bertz CT molecular complexity index is 694. The van der Waals surface area contributed by atoms with Crippen molar-refractivity contribution in [2.45, 2.75) is 32.6 Å². The molecular weight excluding hydrogens is 348 g/mol. The van der Waals surface area contributed by atoms with Crippen LogP contribution >= 0.6 is 0 Å². The molecule has 0 spiro atoms. The van der Waals surface area contributed by atoms with E-state index in [0.29, 0.717) is 55.6 Å². The number of carbonyl (C=O) groups excluding carboxylic acids is 2. The second-order valence-corrected chi connectivity index (χ2v) is 6.45. The van der Waals surface area contributed by atoms with Crippen molar-refractivity contribution in [2.24, 2.45) is 5.92 Å². The van der Waals surface area contributed by atoms with Crippen molar-refractivity contribution < 1.29 is 23.8 Å². The van der Waals surface area contributed by atoms with Gasteiger partial charge in [-0.2, -0.15) is 5.26 Å². The van der Waals surface area contributed by atoms with Crippen molar-refractivity contribution in [3.05, 3.63) is 23.8 Å². The summed E-state index contributed by atoms with van der Waals surface area (Å²) in [5.74, 6) is 1.08. The van der Waals surface area contributed by atoms with Crippen LogP contribution < -0.4 is 9.47 Å². The van der Waals surface area contributed by atoms with Gasteiger partial charge in [-0.3, -0.25) is 9.59 Å². The molecule has 0 N–H and O–H groups in total. The van der Waals surface area contributed by atoms with E-state index in [2.05, 4.69) is 0 Å². The fraction of sp³-hybridized carbons (Fsp3) is 0.550. The predicted octanol–water partition coefficient (Wildman–Crippen LogP) is 2.53. The highest BCUT2D eigenvalue weighted by molar-refractivity contribution is 5.82. The SMILES string of the molecule is CCOC(=O)CN(CC1CC1)C(=O)CCCOc1ccc(C#N)cc1OC. The van der Waals surface area contributed by atoms with E-state index in [4.69, 9.17) is 19.5 Å². The molecule has 27 heavy (non-hydrogen) atoms. The molecule has 1 aliphatic carbocycles. The molecule has 1 aromatic carbocycles. The molecular formula is C20H26N2O5. The fourth-order valence-electron chi connectivity index (χ4n) is 2.65. The van der Waals surface area contributed by atoms with Gasteiger partial charge in [0, 0.05) is 19.0 Å². The minimum atomic E-state index is -0.370. The van der Waals surface area contributed by atoms with E-state index in [1.54, 1.807) is 30.0 Å². The molecule has 0 saturated heterocycles. The van der Waals surface area contributed by atoms with Gasteiger partial charge in [-0.25, -0.2) is 0 Å². The number of hydrogen-bond acceptors (Lipinski definition) is 6. The largest absolute Gasteiger partial charge is 0.493 e. The van der Waals surface area contributed by atoms with Crippen LogP contribution in [0.5, 0.6) is 11.5 Å². The van der Waals surface area contributed by atoms with E-state index in [1.807, 2.05) is 6.07 Å². The monoisotopic (exact) mass is 374 g/mol. The van der Waals surface area contributed by atoms with Gasteiger partial charge in [0.25, 0.3) is 0 Å². The Kier molecular flexibility index (Phi) is 7.93. The summed E-state index contributed by atoms with van der Waals surface area (Å²) in [6, 6.07) is 6.99. The molecule has 7 nitrogen and oxygen atoms in total. The minimum absolute atomic E-state index is 0.00742. The molecule has 0 radical (unpaired) electrons. The molecule has 1 aliphatic rings. The number of benzene rings is 1. The topological polar surface area (TPSA) is 88.9 Å². The summed E-state index contributed by atoms with van der Waals surface area (Å²) < 4.78 is 15.9. The highest BCUT2D eigenvalue weighted by Crippen LogP contribution is 2.30. The van der Waals surface area contributed by atoms with Crippen molar-refractivity contribution in [3.8, 4) is 17.6 Å². The maximum atomic E-state index is 12.5. The molecule has 0 bridgehead atoms. The van der Waals surface area contributed by atoms with E-state index < -0.39 is 0 Å². The number of methoxy groups -OCH3 is 1. The van der Waals surface area contributed by atoms with Gasteiger partial charge < -0.3 is 19.1 Å². The molecule has 0 heterocycles. The van der Waals surface area contributed by atoms with Crippen LogP contribution in [0.4, 0.5) is 0 Å². The van der Waals surface area contributed by atoms with Gasteiger partial charge in [-0.15, -0.1) is 0 Å². The smallest absolute Gasteiger partial charge is 0.325 e. The molecule has 146 valence electrons. The Labute approximate surface area is 159 Å². The molecule has 1 amide bonds. The first-order valence-electron chi connectivity index (χ1n) is 9.21. The lowest BCUT2D eigenvalue weighted by atomic mass is 10.2. The van der Waals surface area contributed by atoms with Crippen LogP contribution in [0.15, 0.2) is 18.2 Å². The van der Waals surface area contributed by atoms with E-state index in [-0.39, 0.29) is 18.4 Å². The molecule has 1 aromatic rings. The molecule has 0 atom stereocenters. The quantitative estimate of drug-likeness (QED) is 0.437. The van der Waals surface area contributed by atoms with Gasteiger partial charge in [0.15, 0.2) is 11.5 Å². The summed E-state index contributed by atoms with van der Waals surface area (Å²) in [6.45, 7) is 3.02. The van der Waals surface area contributed by atoms with E-state index in [0.717, 1.165) is 12.8 Å². The zero-order valence-corrected chi connectivity index (χ0v) is 15.9. The summed E-state index contributed by atoms with van der Waals surface area (Å²) >= 11 is 0. The third-order valence-electron chi connectivity index (χ3n) is 4.24. The number of hydrogen-bond donors (Lipinski definition) is 0. The lowest BCUT2D eigenvalue weighted by Gasteiger charge is -2.21. The molecule has 0 aromatic heterocycles. The number of nitrogens with zero attached hydrogens (tertiary/aromatic N) is 2. The maximum absolute atomic E-state index is 12.5. The Morgan fingerprint density at radius 1 is 1.30 bits per heavy atom. The third kappa shape index (κ3) is 6.81. The van der Waals surface area contributed by atoms with Crippen molar-refractivity contribution in [2.75, 3.05) is 33.4 Å². The first-order chi connectivity index (χ1) is 13.1. The lowest BCUT2D eigenvalue weighted by molar-refractivity contribution is -0.149. The highest BCUT2D eigenvalue weighted by atomic mass is 16.5. The fourth-order valence-corrected chi connectivity index (χ4v) is 2.65. The average Bonchev–Trinajstić information content (AvgIpc) is 3.48. The number of carbonyl (C=O) groups is 2. The molecule has 2 rings (SSSR count). The van der Waals surface area contributed by atoms with Crippen molar-refractivity contribution >= 4 is 11.9 Å².